The summed E-state index contributed by atoms with van der Waals surface area (Å²) in [5, 5.41) is 5.56. The first-order valence-corrected chi connectivity index (χ1v) is 8.09. The summed E-state index contributed by atoms with van der Waals surface area (Å²) < 4.78 is 26.7. The number of nitrogens with one attached hydrogen (secondary N) is 2. The van der Waals surface area contributed by atoms with Gasteiger partial charge in [0, 0.05) is 24.9 Å². The molecule has 2 aromatic rings. The fourth-order valence-corrected chi connectivity index (χ4v) is 3.17. The third-order valence-corrected chi connectivity index (χ3v) is 4.71. The second-order valence-electron chi connectivity index (χ2n) is 5.66. The number of halogens is 2. The summed E-state index contributed by atoms with van der Waals surface area (Å²) in [6.45, 7) is 2.26. The molecule has 0 radical (unpaired) electrons. The normalized spacial score (nSPS) is 19.6. The van der Waals surface area contributed by atoms with Crippen LogP contribution in [-0.2, 0) is 9.59 Å². The largest absolute Gasteiger partial charge is 0.355 e. The molecule has 3 rings (SSSR count). The van der Waals surface area contributed by atoms with E-state index in [9.17, 15) is 18.4 Å². The summed E-state index contributed by atoms with van der Waals surface area (Å²) in [6, 6.07) is 2.04. The van der Waals surface area contributed by atoms with Gasteiger partial charge < -0.3 is 10.6 Å². The molecule has 0 saturated heterocycles. The molecular weight excluding hydrogens is 324 g/mol. The fraction of sp³-hybridized carbons (Fsp3) is 0.400. The van der Waals surface area contributed by atoms with Crippen molar-refractivity contribution in [1.82, 2.24) is 10.3 Å². The summed E-state index contributed by atoms with van der Waals surface area (Å²) in [5.74, 6) is -1.75. The van der Waals surface area contributed by atoms with Gasteiger partial charge in [0.1, 0.15) is 0 Å². The van der Waals surface area contributed by atoms with Crippen molar-refractivity contribution in [1.29, 1.82) is 0 Å². The Hall–Kier alpha value is -2.09. The van der Waals surface area contributed by atoms with Crippen LogP contribution in [0.1, 0.15) is 19.8 Å². The predicted molar refractivity (Wildman–Crippen MR) is 83.1 cm³/mol. The maximum absolute atomic E-state index is 13.1. The van der Waals surface area contributed by atoms with E-state index in [-0.39, 0.29) is 35.8 Å². The van der Waals surface area contributed by atoms with Crippen LogP contribution in [0.4, 0.5) is 13.9 Å². The van der Waals surface area contributed by atoms with Crippen molar-refractivity contribution in [3.05, 3.63) is 23.8 Å². The maximum atomic E-state index is 13.1. The first-order valence-electron chi connectivity index (χ1n) is 7.27. The van der Waals surface area contributed by atoms with Crippen molar-refractivity contribution in [2.45, 2.75) is 19.8 Å². The third kappa shape index (κ3) is 3.64. The second-order valence-corrected chi connectivity index (χ2v) is 6.69. The summed E-state index contributed by atoms with van der Waals surface area (Å²) in [6.07, 6.45) is 1.02. The van der Waals surface area contributed by atoms with E-state index in [4.69, 9.17) is 0 Å². The highest BCUT2D eigenvalue weighted by Crippen LogP contribution is 2.37. The van der Waals surface area contributed by atoms with Crippen LogP contribution in [0.15, 0.2) is 12.1 Å². The van der Waals surface area contributed by atoms with E-state index in [1.54, 1.807) is 0 Å². The number of benzene rings is 1. The Labute approximate surface area is 135 Å². The minimum atomic E-state index is -0.974. The Bertz CT molecular complexity index is 738. The highest BCUT2D eigenvalue weighted by atomic mass is 32.1. The molecule has 0 unspecified atom stereocenters. The Balaban J connectivity index is 1.52. The van der Waals surface area contributed by atoms with Crippen molar-refractivity contribution >= 4 is 38.5 Å². The second kappa shape index (κ2) is 6.19. The van der Waals surface area contributed by atoms with Gasteiger partial charge in [-0.1, -0.05) is 18.3 Å². The quantitative estimate of drug-likeness (QED) is 0.880. The van der Waals surface area contributed by atoms with Crippen LogP contribution in [-0.4, -0.2) is 23.3 Å². The number of fused-ring (bicyclic) bond motifs is 1. The first kappa shape index (κ1) is 15.8. The van der Waals surface area contributed by atoms with Gasteiger partial charge in [0.2, 0.25) is 11.8 Å². The highest BCUT2D eigenvalue weighted by Gasteiger charge is 2.38. The molecule has 1 aromatic carbocycles. The zero-order valence-corrected chi connectivity index (χ0v) is 13.2. The summed E-state index contributed by atoms with van der Waals surface area (Å²) in [7, 11) is 0. The molecule has 0 spiro atoms. The minimum absolute atomic E-state index is 0.0174. The van der Waals surface area contributed by atoms with Crippen molar-refractivity contribution in [2.24, 2.45) is 11.8 Å². The van der Waals surface area contributed by atoms with Gasteiger partial charge in [0.15, 0.2) is 16.8 Å². The molecule has 1 aliphatic rings. The monoisotopic (exact) mass is 339 g/mol. The number of carbonyl (C=O) groups is 2. The summed E-state index contributed by atoms with van der Waals surface area (Å²) in [5.41, 5.74) is 0.292. The van der Waals surface area contributed by atoms with Crippen LogP contribution in [0, 0.1) is 23.5 Å². The van der Waals surface area contributed by atoms with Crippen LogP contribution in [0.2, 0.25) is 0 Å². The number of rotatable bonds is 5. The third-order valence-electron chi connectivity index (χ3n) is 3.77. The zero-order valence-electron chi connectivity index (χ0n) is 12.4. The summed E-state index contributed by atoms with van der Waals surface area (Å²) >= 11 is 1.07. The lowest BCUT2D eigenvalue weighted by Gasteiger charge is -2.04. The Morgan fingerprint density at radius 1 is 1.35 bits per heavy atom. The molecule has 1 aromatic heterocycles. The molecule has 1 heterocycles. The van der Waals surface area contributed by atoms with Crippen molar-refractivity contribution in [2.75, 3.05) is 11.9 Å². The van der Waals surface area contributed by atoms with Gasteiger partial charge in [-0.2, -0.15) is 0 Å². The Kier molecular flexibility index (Phi) is 4.25. The molecule has 122 valence electrons. The van der Waals surface area contributed by atoms with E-state index < -0.39 is 11.6 Å². The molecule has 23 heavy (non-hydrogen) atoms. The number of anilines is 1. The molecular formula is C15H15F2N3O2S. The van der Waals surface area contributed by atoms with Crippen LogP contribution in [0.3, 0.4) is 0 Å². The standard InChI is InChI=1S/C15H15F2N3O2S/c1-7-4-8(7)14(22)18-3-2-13(21)20-15-19-11-5-9(16)10(17)6-12(11)23-15/h5-8H,2-4H2,1H3,(H,18,22)(H,19,20,21)/t7-,8-/m0/s1. The highest BCUT2D eigenvalue weighted by molar-refractivity contribution is 7.22. The van der Waals surface area contributed by atoms with Crippen LogP contribution >= 0.6 is 11.3 Å². The van der Waals surface area contributed by atoms with Crippen molar-refractivity contribution < 1.29 is 18.4 Å². The van der Waals surface area contributed by atoms with Gasteiger partial charge in [-0.05, 0) is 18.4 Å². The van der Waals surface area contributed by atoms with Gasteiger partial charge in [-0.25, -0.2) is 13.8 Å². The molecule has 0 bridgehead atoms. The summed E-state index contributed by atoms with van der Waals surface area (Å²) in [4.78, 5) is 27.5. The average Bonchev–Trinajstić information content (AvgIpc) is 3.09. The molecule has 0 aliphatic heterocycles. The smallest absolute Gasteiger partial charge is 0.227 e. The fourth-order valence-electron chi connectivity index (χ4n) is 2.28. The van der Waals surface area contributed by atoms with Crippen molar-refractivity contribution in [3.63, 3.8) is 0 Å². The number of hydrogen-bond donors (Lipinski definition) is 2. The molecule has 5 nitrogen and oxygen atoms in total. The van der Waals surface area contributed by atoms with E-state index in [0.29, 0.717) is 16.1 Å². The van der Waals surface area contributed by atoms with E-state index in [1.807, 2.05) is 6.92 Å². The number of carbonyl (C=O) groups excluding carboxylic acids is 2. The zero-order chi connectivity index (χ0) is 16.6. The number of aromatic nitrogens is 1. The van der Waals surface area contributed by atoms with E-state index in [1.165, 1.54) is 0 Å². The topological polar surface area (TPSA) is 71.1 Å². The molecule has 2 N–H and O–H groups in total. The molecule has 1 fully saturated rings. The maximum Gasteiger partial charge on any atom is 0.227 e. The molecule has 8 heteroatoms. The molecule has 1 saturated carbocycles. The van der Waals surface area contributed by atoms with Crippen molar-refractivity contribution in [3.8, 4) is 0 Å². The van der Waals surface area contributed by atoms with Crippen LogP contribution < -0.4 is 10.6 Å². The molecule has 2 atom stereocenters. The van der Waals surface area contributed by atoms with Gasteiger partial charge in [0.05, 0.1) is 10.2 Å². The van der Waals surface area contributed by atoms with Gasteiger partial charge in [0.25, 0.3) is 0 Å². The number of thiazole rings is 1. The van der Waals surface area contributed by atoms with Gasteiger partial charge in [-0.15, -0.1) is 0 Å². The molecule has 2 amide bonds. The van der Waals surface area contributed by atoms with E-state index >= 15 is 0 Å². The van der Waals surface area contributed by atoms with Crippen LogP contribution in [0.25, 0.3) is 10.2 Å². The molecule has 1 aliphatic carbocycles. The van der Waals surface area contributed by atoms with Crippen LogP contribution in [0.5, 0.6) is 0 Å². The first-order chi connectivity index (χ1) is 10.9. The Morgan fingerprint density at radius 3 is 2.74 bits per heavy atom. The minimum Gasteiger partial charge on any atom is -0.355 e. The Morgan fingerprint density at radius 2 is 2.04 bits per heavy atom. The van der Waals surface area contributed by atoms with Gasteiger partial charge >= 0.3 is 0 Å². The number of nitrogens with zero attached hydrogens (tertiary/aromatic N) is 1. The number of amides is 2. The van der Waals surface area contributed by atoms with Gasteiger partial charge in [-0.3, -0.25) is 9.59 Å². The lowest BCUT2D eigenvalue weighted by atomic mass is 10.3. The van der Waals surface area contributed by atoms with E-state index in [0.717, 1.165) is 29.9 Å². The lowest BCUT2D eigenvalue weighted by molar-refractivity contribution is -0.122. The lowest BCUT2D eigenvalue weighted by Crippen LogP contribution is -2.29. The van der Waals surface area contributed by atoms with E-state index in [2.05, 4.69) is 15.6 Å². The average molecular weight is 339 g/mol. The number of hydrogen-bond acceptors (Lipinski definition) is 4. The SMILES string of the molecule is C[C@H]1C[C@@H]1C(=O)NCCC(=O)Nc1nc2cc(F)c(F)cc2s1. The predicted octanol–water partition coefficient (Wildman–Crippen LogP) is 2.68.